The van der Waals surface area contributed by atoms with Gasteiger partial charge in [-0.3, -0.25) is 0 Å². The van der Waals surface area contributed by atoms with Gasteiger partial charge in [-0.25, -0.2) is 9.98 Å². The molecule has 4 nitrogen and oxygen atoms in total. The number of benzene rings is 9. The van der Waals surface area contributed by atoms with Gasteiger partial charge in [0, 0.05) is 21.9 Å². The predicted molar refractivity (Wildman–Crippen MR) is 245 cm³/mol. The standard InChI is InChI=1S/C55H37N3O/c1-4-11-36(12-5-1)38-19-21-39(22-20-38)40-23-25-42(26-24-40)54-56-53(41-15-8-3-9-16-41)57-55(58-54)47-30-28-43-33-46(29-27-44(43)34-47)48-17-10-18-51-52(48)49-35-45(31-32-50(49)59-51)37-13-6-2-7-14-37/h1-35,54H,(H,56,57,58). The second-order valence-corrected chi connectivity index (χ2v) is 15.0. The molecule has 1 aliphatic rings. The largest absolute Gasteiger partial charge is 0.456 e. The summed E-state index contributed by atoms with van der Waals surface area (Å²) in [4.78, 5) is 10.3. The van der Waals surface area contributed by atoms with E-state index in [2.05, 4.69) is 193 Å². The number of nitrogens with one attached hydrogen (secondary N) is 1. The van der Waals surface area contributed by atoms with E-state index in [0.717, 1.165) is 71.9 Å². The van der Waals surface area contributed by atoms with E-state index in [1.165, 1.54) is 27.8 Å². The van der Waals surface area contributed by atoms with Gasteiger partial charge in [0.2, 0.25) is 0 Å². The van der Waals surface area contributed by atoms with Crippen molar-refractivity contribution in [2.45, 2.75) is 6.17 Å². The third-order valence-electron chi connectivity index (χ3n) is 11.4. The predicted octanol–water partition coefficient (Wildman–Crippen LogP) is 13.9. The molecule has 0 aliphatic carbocycles. The quantitative estimate of drug-likeness (QED) is 0.176. The van der Waals surface area contributed by atoms with Crippen molar-refractivity contribution in [3.8, 4) is 44.5 Å². The Labute approximate surface area is 342 Å². The van der Waals surface area contributed by atoms with Crippen LogP contribution in [0.1, 0.15) is 22.9 Å². The van der Waals surface area contributed by atoms with Crippen molar-refractivity contribution in [1.29, 1.82) is 0 Å². The van der Waals surface area contributed by atoms with Crippen molar-refractivity contribution in [3.05, 3.63) is 229 Å². The van der Waals surface area contributed by atoms with Crippen LogP contribution in [-0.4, -0.2) is 11.7 Å². The van der Waals surface area contributed by atoms with Crippen molar-refractivity contribution >= 4 is 44.4 Å². The van der Waals surface area contributed by atoms with Crippen LogP contribution < -0.4 is 5.32 Å². The Morgan fingerprint density at radius 3 is 1.58 bits per heavy atom. The van der Waals surface area contributed by atoms with E-state index < -0.39 is 0 Å². The van der Waals surface area contributed by atoms with Crippen molar-refractivity contribution in [2.75, 3.05) is 0 Å². The number of hydrogen-bond donors (Lipinski definition) is 1. The number of aliphatic imine (C=N–C) groups is 2. The number of nitrogens with zero attached hydrogens (tertiary/aromatic N) is 2. The summed E-state index contributed by atoms with van der Waals surface area (Å²) in [5, 5.41) is 8.14. The lowest BCUT2D eigenvalue weighted by atomic mass is 9.95. The minimum Gasteiger partial charge on any atom is -0.456 e. The second-order valence-electron chi connectivity index (χ2n) is 15.0. The molecule has 1 unspecified atom stereocenters. The van der Waals surface area contributed by atoms with Crippen molar-refractivity contribution < 1.29 is 4.42 Å². The Kier molecular flexibility index (Phi) is 8.52. The van der Waals surface area contributed by atoms with Gasteiger partial charge in [0.25, 0.3) is 0 Å². The number of furan rings is 1. The SMILES string of the molecule is c1ccc(C2=NC(c3ccc4cc(-c5cccc6oc7ccc(-c8ccccc8)cc7c56)ccc4c3)=NC(c3ccc(-c4ccc(-c5ccccc5)cc4)cc3)N2)cc1. The normalized spacial score (nSPS) is 13.9. The van der Waals surface area contributed by atoms with Gasteiger partial charge >= 0.3 is 0 Å². The molecule has 1 aromatic heterocycles. The van der Waals surface area contributed by atoms with E-state index in [4.69, 9.17) is 14.4 Å². The van der Waals surface area contributed by atoms with Crippen LogP contribution in [0.15, 0.2) is 227 Å². The topological polar surface area (TPSA) is 49.9 Å². The molecular formula is C55H37N3O. The van der Waals surface area contributed by atoms with Gasteiger partial charge in [0.15, 0.2) is 5.84 Å². The van der Waals surface area contributed by atoms with Crippen LogP contribution in [0.4, 0.5) is 0 Å². The first-order chi connectivity index (χ1) is 29.2. The maximum Gasteiger partial charge on any atom is 0.159 e. The van der Waals surface area contributed by atoms with Gasteiger partial charge in [-0.2, -0.15) is 0 Å². The minimum atomic E-state index is -0.307. The highest BCUT2D eigenvalue weighted by molar-refractivity contribution is 6.15. The van der Waals surface area contributed by atoms with E-state index in [9.17, 15) is 0 Å². The van der Waals surface area contributed by atoms with Crippen LogP contribution in [0, 0.1) is 0 Å². The number of rotatable bonds is 7. The summed E-state index contributed by atoms with van der Waals surface area (Å²) >= 11 is 0. The Morgan fingerprint density at radius 2 is 0.915 bits per heavy atom. The molecule has 0 bridgehead atoms. The average molecular weight is 756 g/mol. The molecule has 0 saturated heterocycles. The monoisotopic (exact) mass is 755 g/mol. The lowest BCUT2D eigenvalue weighted by molar-refractivity contribution is 0.669. The fourth-order valence-corrected chi connectivity index (χ4v) is 8.27. The lowest BCUT2D eigenvalue weighted by Gasteiger charge is -2.24. The van der Waals surface area contributed by atoms with Crippen LogP contribution in [0.5, 0.6) is 0 Å². The molecule has 0 fully saturated rings. The highest BCUT2D eigenvalue weighted by Gasteiger charge is 2.22. The van der Waals surface area contributed by atoms with Gasteiger partial charge in [-0.05, 0) is 91.2 Å². The van der Waals surface area contributed by atoms with Crippen LogP contribution in [0.25, 0.3) is 77.2 Å². The fraction of sp³-hybridized carbons (Fsp3) is 0.0182. The number of hydrogen-bond acceptors (Lipinski definition) is 4. The highest BCUT2D eigenvalue weighted by Crippen LogP contribution is 2.39. The molecule has 2 heterocycles. The number of fused-ring (bicyclic) bond motifs is 4. The summed E-state index contributed by atoms with van der Waals surface area (Å²) in [6.07, 6.45) is -0.307. The van der Waals surface area contributed by atoms with E-state index in [1.54, 1.807) is 0 Å². The molecule has 11 rings (SSSR count). The molecule has 1 aliphatic heterocycles. The van der Waals surface area contributed by atoms with Gasteiger partial charge in [0.1, 0.15) is 23.2 Å². The van der Waals surface area contributed by atoms with Crippen LogP contribution in [0.2, 0.25) is 0 Å². The molecule has 9 aromatic carbocycles. The third-order valence-corrected chi connectivity index (χ3v) is 11.4. The smallest absolute Gasteiger partial charge is 0.159 e. The molecule has 0 saturated carbocycles. The van der Waals surface area contributed by atoms with Crippen molar-refractivity contribution in [3.63, 3.8) is 0 Å². The van der Waals surface area contributed by atoms with Gasteiger partial charge in [-0.1, -0.05) is 182 Å². The molecule has 1 N–H and O–H groups in total. The fourth-order valence-electron chi connectivity index (χ4n) is 8.27. The molecule has 4 heteroatoms. The maximum atomic E-state index is 6.37. The Morgan fingerprint density at radius 1 is 0.390 bits per heavy atom. The first kappa shape index (κ1) is 34.4. The van der Waals surface area contributed by atoms with E-state index in [-0.39, 0.29) is 6.17 Å². The molecule has 0 spiro atoms. The lowest BCUT2D eigenvalue weighted by Crippen LogP contribution is -2.33. The van der Waals surface area contributed by atoms with Crippen LogP contribution in [0.3, 0.4) is 0 Å². The summed E-state index contributed by atoms with van der Waals surface area (Å²) in [6, 6.07) is 74.8. The zero-order valence-corrected chi connectivity index (χ0v) is 32.1. The molecule has 1 atom stereocenters. The summed E-state index contributed by atoms with van der Waals surface area (Å²) in [5.41, 5.74) is 14.2. The van der Waals surface area contributed by atoms with Gasteiger partial charge in [0.05, 0.1) is 0 Å². The Balaban J connectivity index is 0.924. The zero-order chi connectivity index (χ0) is 39.1. The Hall–Kier alpha value is -7.82. The summed E-state index contributed by atoms with van der Waals surface area (Å²) in [6.45, 7) is 0. The molecular weight excluding hydrogens is 719 g/mol. The molecule has 278 valence electrons. The minimum absolute atomic E-state index is 0.307. The van der Waals surface area contributed by atoms with Crippen LogP contribution in [-0.2, 0) is 0 Å². The first-order valence-corrected chi connectivity index (χ1v) is 20.0. The van der Waals surface area contributed by atoms with E-state index >= 15 is 0 Å². The molecule has 10 aromatic rings. The summed E-state index contributed by atoms with van der Waals surface area (Å²) in [5.74, 6) is 1.50. The van der Waals surface area contributed by atoms with Gasteiger partial charge < -0.3 is 9.73 Å². The number of amidine groups is 2. The average Bonchev–Trinajstić information content (AvgIpc) is 3.70. The van der Waals surface area contributed by atoms with E-state index in [0.29, 0.717) is 5.84 Å². The Bertz CT molecular complexity index is 3200. The molecule has 59 heavy (non-hydrogen) atoms. The summed E-state index contributed by atoms with van der Waals surface area (Å²) in [7, 11) is 0. The molecule has 0 radical (unpaired) electrons. The van der Waals surface area contributed by atoms with Crippen molar-refractivity contribution in [1.82, 2.24) is 5.32 Å². The van der Waals surface area contributed by atoms with E-state index in [1.807, 2.05) is 24.3 Å². The second kappa shape index (κ2) is 14.6. The molecule has 0 amide bonds. The maximum absolute atomic E-state index is 6.37. The zero-order valence-electron chi connectivity index (χ0n) is 32.1. The van der Waals surface area contributed by atoms with Crippen molar-refractivity contribution in [2.24, 2.45) is 9.98 Å². The van der Waals surface area contributed by atoms with Gasteiger partial charge in [-0.15, -0.1) is 0 Å². The summed E-state index contributed by atoms with van der Waals surface area (Å²) < 4.78 is 6.37. The highest BCUT2D eigenvalue weighted by atomic mass is 16.3. The third kappa shape index (κ3) is 6.57. The first-order valence-electron chi connectivity index (χ1n) is 20.0. The van der Waals surface area contributed by atoms with Crippen LogP contribution >= 0.6 is 0 Å².